The molecule has 1 saturated carbocycles. The van der Waals surface area contributed by atoms with Crippen molar-refractivity contribution in [3.63, 3.8) is 0 Å². The average molecular weight is 427 g/mol. The van der Waals surface area contributed by atoms with Crippen LogP contribution in [0.1, 0.15) is 54.8 Å². The molecule has 1 atom stereocenters. The molecule has 2 amide bonds. The highest BCUT2D eigenvalue weighted by molar-refractivity contribution is 5.95. The molecule has 1 aromatic heterocycles. The van der Waals surface area contributed by atoms with Crippen molar-refractivity contribution in [2.24, 2.45) is 5.92 Å². The highest BCUT2D eigenvalue weighted by atomic mass is 16.5. The predicted molar refractivity (Wildman–Crippen MR) is 115 cm³/mol. The molecule has 1 aromatic carbocycles. The zero-order valence-electron chi connectivity index (χ0n) is 18.4. The fourth-order valence-corrected chi connectivity index (χ4v) is 4.36. The van der Waals surface area contributed by atoms with Crippen LogP contribution in [0, 0.1) is 5.92 Å². The SMILES string of the molecule is COc1cc(OC)cc(C(=O)N2CCC(C(=O)N(C3CC3)C(C)c3ccco3)CC2)c1. The van der Waals surface area contributed by atoms with E-state index >= 15 is 0 Å². The van der Waals surface area contributed by atoms with Crippen LogP contribution in [0.4, 0.5) is 0 Å². The summed E-state index contributed by atoms with van der Waals surface area (Å²) in [5, 5.41) is 0. The van der Waals surface area contributed by atoms with Crippen molar-refractivity contribution < 1.29 is 23.5 Å². The van der Waals surface area contributed by atoms with Gasteiger partial charge in [0.2, 0.25) is 5.91 Å². The quantitative estimate of drug-likeness (QED) is 0.671. The summed E-state index contributed by atoms with van der Waals surface area (Å²) < 4.78 is 16.1. The average Bonchev–Trinajstić information content (AvgIpc) is 3.48. The summed E-state index contributed by atoms with van der Waals surface area (Å²) in [6.45, 7) is 3.15. The molecule has 1 saturated heterocycles. The third kappa shape index (κ3) is 4.55. The number of likely N-dealkylation sites (tertiary alicyclic amines) is 1. The standard InChI is InChI=1S/C24H30N2O5/c1-16(22-5-4-12-31-22)26(19-6-7-19)24(28)17-8-10-25(11-9-17)23(27)18-13-20(29-2)15-21(14-18)30-3/h4-5,12-17,19H,6-11H2,1-3H3. The molecule has 2 heterocycles. The number of hydrogen-bond acceptors (Lipinski definition) is 5. The maximum Gasteiger partial charge on any atom is 0.254 e. The molecule has 2 fully saturated rings. The fraction of sp³-hybridized carbons (Fsp3) is 0.500. The summed E-state index contributed by atoms with van der Waals surface area (Å²) >= 11 is 0. The Bertz CT molecular complexity index is 892. The molecule has 0 bridgehead atoms. The van der Waals surface area contributed by atoms with Gasteiger partial charge in [0.1, 0.15) is 17.3 Å². The molecule has 0 radical (unpaired) electrons. The van der Waals surface area contributed by atoms with Crippen molar-refractivity contribution >= 4 is 11.8 Å². The minimum Gasteiger partial charge on any atom is -0.497 e. The molecule has 1 aliphatic carbocycles. The number of benzene rings is 1. The molecule has 1 aliphatic heterocycles. The largest absolute Gasteiger partial charge is 0.497 e. The lowest BCUT2D eigenvalue weighted by atomic mass is 9.94. The lowest BCUT2D eigenvalue weighted by molar-refractivity contribution is -0.140. The van der Waals surface area contributed by atoms with Gasteiger partial charge in [-0.3, -0.25) is 9.59 Å². The molecule has 1 unspecified atom stereocenters. The van der Waals surface area contributed by atoms with Crippen LogP contribution in [0.5, 0.6) is 11.5 Å². The minimum absolute atomic E-state index is 0.0638. The van der Waals surface area contributed by atoms with Crippen LogP contribution in [0.3, 0.4) is 0 Å². The van der Waals surface area contributed by atoms with Gasteiger partial charge in [0, 0.05) is 36.7 Å². The van der Waals surface area contributed by atoms with Gasteiger partial charge in [0.15, 0.2) is 0 Å². The van der Waals surface area contributed by atoms with Gasteiger partial charge in [0.25, 0.3) is 5.91 Å². The third-order valence-electron chi connectivity index (χ3n) is 6.30. The van der Waals surface area contributed by atoms with E-state index in [0.717, 1.165) is 18.6 Å². The van der Waals surface area contributed by atoms with Crippen LogP contribution in [0.2, 0.25) is 0 Å². The van der Waals surface area contributed by atoms with Crippen molar-refractivity contribution in [2.45, 2.75) is 44.7 Å². The van der Waals surface area contributed by atoms with Crippen molar-refractivity contribution in [3.05, 3.63) is 47.9 Å². The number of carbonyl (C=O) groups excluding carboxylic acids is 2. The smallest absolute Gasteiger partial charge is 0.254 e. The molecule has 7 nitrogen and oxygen atoms in total. The lowest BCUT2D eigenvalue weighted by Crippen LogP contribution is -2.45. The van der Waals surface area contributed by atoms with E-state index in [0.29, 0.717) is 49.0 Å². The molecular weight excluding hydrogens is 396 g/mol. The van der Waals surface area contributed by atoms with Crippen molar-refractivity contribution in [2.75, 3.05) is 27.3 Å². The highest BCUT2D eigenvalue weighted by Crippen LogP contribution is 2.37. The van der Waals surface area contributed by atoms with E-state index in [1.807, 2.05) is 28.9 Å². The third-order valence-corrected chi connectivity index (χ3v) is 6.30. The number of amides is 2. The van der Waals surface area contributed by atoms with Gasteiger partial charge in [-0.25, -0.2) is 0 Å². The predicted octanol–water partition coefficient (Wildman–Crippen LogP) is 3.90. The first-order valence-electron chi connectivity index (χ1n) is 10.9. The van der Waals surface area contributed by atoms with E-state index in [1.165, 1.54) is 0 Å². The van der Waals surface area contributed by atoms with Crippen LogP contribution >= 0.6 is 0 Å². The van der Waals surface area contributed by atoms with Gasteiger partial charge in [-0.05, 0) is 56.9 Å². The van der Waals surface area contributed by atoms with E-state index in [1.54, 1.807) is 38.7 Å². The van der Waals surface area contributed by atoms with E-state index in [9.17, 15) is 9.59 Å². The Labute approximate surface area is 182 Å². The molecule has 7 heteroatoms. The number of carbonyl (C=O) groups is 2. The summed E-state index contributed by atoms with van der Waals surface area (Å²) in [5.74, 6) is 2.04. The van der Waals surface area contributed by atoms with Crippen LogP contribution in [0.15, 0.2) is 41.0 Å². The first-order valence-corrected chi connectivity index (χ1v) is 10.9. The Balaban J connectivity index is 1.41. The van der Waals surface area contributed by atoms with Gasteiger partial charge in [-0.15, -0.1) is 0 Å². The van der Waals surface area contributed by atoms with E-state index in [2.05, 4.69) is 0 Å². The normalized spacial score (nSPS) is 17.8. The number of piperidine rings is 1. The fourth-order valence-electron chi connectivity index (χ4n) is 4.36. The summed E-state index contributed by atoms with van der Waals surface area (Å²) in [7, 11) is 3.13. The Hall–Kier alpha value is -2.96. The highest BCUT2D eigenvalue weighted by Gasteiger charge is 2.40. The summed E-state index contributed by atoms with van der Waals surface area (Å²) in [5.41, 5.74) is 0.534. The molecular formula is C24H30N2O5. The Morgan fingerprint density at radius 2 is 1.71 bits per heavy atom. The molecule has 0 spiro atoms. The molecule has 2 aliphatic rings. The second-order valence-corrected chi connectivity index (χ2v) is 8.34. The number of methoxy groups -OCH3 is 2. The number of nitrogens with zero attached hydrogens (tertiary/aromatic N) is 2. The molecule has 31 heavy (non-hydrogen) atoms. The maximum atomic E-state index is 13.4. The van der Waals surface area contributed by atoms with Gasteiger partial charge in [-0.1, -0.05) is 0 Å². The summed E-state index contributed by atoms with van der Waals surface area (Å²) in [6, 6.07) is 9.21. The van der Waals surface area contributed by atoms with Crippen LogP contribution < -0.4 is 9.47 Å². The molecule has 166 valence electrons. The van der Waals surface area contributed by atoms with Crippen LogP contribution in [-0.2, 0) is 4.79 Å². The van der Waals surface area contributed by atoms with E-state index in [-0.39, 0.29) is 23.8 Å². The molecule has 4 rings (SSSR count). The first-order chi connectivity index (χ1) is 15.0. The monoisotopic (exact) mass is 426 g/mol. The van der Waals surface area contributed by atoms with Crippen LogP contribution in [0.25, 0.3) is 0 Å². The van der Waals surface area contributed by atoms with Crippen molar-refractivity contribution in [3.8, 4) is 11.5 Å². The number of ether oxygens (including phenoxy) is 2. The lowest BCUT2D eigenvalue weighted by Gasteiger charge is -2.36. The van der Waals surface area contributed by atoms with Crippen molar-refractivity contribution in [1.29, 1.82) is 0 Å². The topological polar surface area (TPSA) is 72.2 Å². The van der Waals surface area contributed by atoms with Gasteiger partial charge >= 0.3 is 0 Å². The van der Waals surface area contributed by atoms with Crippen LogP contribution in [-0.4, -0.2) is 55.0 Å². The number of rotatable bonds is 7. The minimum atomic E-state index is -0.0705. The second-order valence-electron chi connectivity index (χ2n) is 8.34. The van der Waals surface area contributed by atoms with Gasteiger partial charge in [0.05, 0.1) is 26.5 Å². The Morgan fingerprint density at radius 3 is 2.23 bits per heavy atom. The zero-order valence-corrected chi connectivity index (χ0v) is 18.4. The first kappa shape index (κ1) is 21.3. The summed E-state index contributed by atoms with van der Waals surface area (Å²) in [6.07, 6.45) is 5.08. The van der Waals surface area contributed by atoms with Gasteiger partial charge in [-0.2, -0.15) is 0 Å². The van der Waals surface area contributed by atoms with Gasteiger partial charge < -0.3 is 23.7 Å². The number of furan rings is 1. The zero-order chi connectivity index (χ0) is 22.0. The summed E-state index contributed by atoms with van der Waals surface area (Å²) in [4.78, 5) is 30.2. The number of hydrogen-bond donors (Lipinski definition) is 0. The van der Waals surface area contributed by atoms with E-state index < -0.39 is 0 Å². The van der Waals surface area contributed by atoms with E-state index in [4.69, 9.17) is 13.9 Å². The molecule has 2 aromatic rings. The Morgan fingerprint density at radius 1 is 1.06 bits per heavy atom. The molecule has 0 N–H and O–H groups in total. The Kier molecular flexibility index (Phi) is 6.20. The van der Waals surface area contributed by atoms with Crippen molar-refractivity contribution in [1.82, 2.24) is 9.80 Å². The second kappa shape index (κ2) is 9.04. The maximum absolute atomic E-state index is 13.4.